The predicted octanol–water partition coefficient (Wildman–Crippen LogP) is 3.53. The van der Waals surface area contributed by atoms with E-state index in [1.807, 2.05) is 0 Å². The first-order chi connectivity index (χ1) is 10.1. The fraction of sp³-hybridized carbons (Fsp3) is 0.533. The number of amides is 1. The number of halogens is 1. The van der Waals surface area contributed by atoms with E-state index < -0.39 is 4.92 Å². The van der Waals surface area contributed by atoms with Crippen molar-refractivity contribution in [2.45, 2.75) is 38.6 Å². The molecule has 21 heavy (non-hydrogen) atoms. The first-order valence-corrected chi connectivity index (χ1v) is 7.70. The van der Waals surface area contributed by atoms with Crippen molar-refractivity contribution in [3.8, 4) is 0 Å². The van der Waals surface area contributed by atoms with Gasteiger partial charge in [0.05, 0.1) is 4.92 Å². The minimum absolute atomic E-state index is 0.0972. The molecule has 0 saturated heterocycles. The summed E-state index contributed by atoms with van der Waals surface area (Å²) in [6.07, 6.45) is 4.07. The number of hydrogen-bond donors (Lipinski definition) is 0. The lowest BCUT2D eigenvalue weighted by Gasteiger charge is -2.28. The summed E-state index contributed by atoms with van der Waals surface area (Å²) < 4.78 is 0. The summed E-state index contributed by atoms with van der Waals surface area (Å²) >= 11 is 5.81. The Morgan fingerprint density at radius 3 is 2.67 bits per heavy atom. The number of benzene rings is 1. The van der Waals surface area contributed by atoms with Gasteiger partial charge in [0.1, 0.15) is 5.56 Å². The summed E-state index contributed by atoms with van der Waals surface area (Å²) in [5.41, 5.74) is 0.570. The molecule has 1 aliphatic carbocycles. The quantitative estimate of drug-likeness (QED) is 0.475. The normalized spacial score (nSPS) is 15.1. The number of rotatable bonds is 5. The Balaban J connectivity index is 2.36. The highest BCUT2D eigenvalue weighted by atomic mass is 35.5. The SMILES string of the molecule is Cc1cccc(C(=O)N(CCCl)C2CCCC2)c1[N+](=O)[O-]. The molecule has 0 heterocycles. The number of nitro groups is 1. The lowest BCUT2D eigenvalue weighted by atomic mass is 10.1. The van der Waals surface area contributed by atoms with Crippen LogP contribution in [0.5, 0.6) is 0 Å². The van der Waals surface area contributed by atoms with Gasteiger partial charge in [-0.25, -0.2) is 0 Å². The highest BCUT2D eigenvalue weighted by molar-refractivity contribution is 6.18. The van der Waals surface area contributed by atoms with Gasteiger partial charge in [-0.3, -0.25) is 14.9 Å². The maximum Gasteiger partial charge on any atom is 0.285 e. The molecular formula is C15H19ClN2O3. The molecule has 0 aliphatic heterocycles. The molecule has 1 aromatic carbocycles. The van der Waals surface area contributed by atoms with Gasteiger partial charge in [0, 0.05) is 24.0 Å². The molecule has 1 amide bonds. The molecule has 114 valence electrons. The third kappa shape index (κ3) is 3.35. The highest BCUT2D eigenvalue weighted by Gasteiger charge is 2.31. The van der Waals surface area contributed by atoms with Gasteiger partial charge in [0.25, 0.3) is 11.6 Å². The fourth-order valence-corrected chi connectivity index (χ4v) is 3.17. The summed E-state index contributed by atoms with van der Waals surface area (Å²) in [6.45, 7) is 2.08. The number of hydrogen-bond acceptors (Lipinski definition) is 3. The molecule has 0 N–H and O–H groups in total. The summed E-state index contributed by atoms with van der Waals surface area (Å²) in [6, 6.07) is 5.01. The highest BCUT2D eigenvalue weighted by Crippen LogP contribution is 2.29. The standard InChI is InChI=1S/C15H19ClN2O3/c1-11-5-4-8-13(14(11)18(20)21)15(19)17(10-9-16)12-6-2-3-7-12/h4-5,8,12H,2-3,6-7,9-10H2,1H3. The molecule has 1 aromatic rings. The monoisotopic (exact) mass is 310 g/mol. The Morgan fingerprint density at radius 1 is 1.43 bits per heavy atom. The Kier molecular flexibility index (Phi) is 5.17. The zero-order valence-electron chi connectivity index (χ0n) is 12.0. The van der Waals surface area contributed by atoms with Crippen molar-refractivity contribution in [3.63, 3.8) is 0 Å². The molecular weight excluding hydrogens is 292 g/mol. The van der Waals surface area contributed by atoms with Crippen LogP contribution < -0.4 is 0 Å². The van der Waals surface area contributed by atoms with Crippen molar-refractivity contribution < 1.29 is 9.72 Å². The van der Waals surface area contributed by atoms with E-state index in [2.05, 4.69) is 0 Å². The molecule has 0 spiro atoms. The zero-order chi connectivity index (χ0) is 15.4. The predicted molar refractivity (Wildman–Crippen MR) is 81.8 cm³/mol. The van der Waals surface area contributed by atoms with Crippen LogP contribution in [0.4, 0.5) is 5.69 Å². The van der Waals surface area contributed by atoms with Crippen molar-refractivity contribution in [2.75, 3.05) is 12.4 Å². The van der Waals surface area contributed by atoms with Crippen molar-refractivity contribution in [1.29, 1.82) is 0 Å². The fourth-order valence-electron chi connectivity index (χ4n) is 2.99. The van der Waals surface area contributed by atoms with E-state index in [0.29, 0.717) is 18.0 Å². The van der Waals surface area contributed by atoms with Crippen LogP contribution in [0.2, 0.25) is 0 Å². The Labute approximate surface area is 129 Å². The molecule has 2 rings (SSSR count). The first-order valence-electron chi connectivity index (χ1n) is 7.17. The van der Waals surface area contributed by atoms with Gasteiger partial charge in [-0.1, -0.05) is 25.0 Å². The topological polar surface area (TPSA) is 63.5 Å². The molecule has 0 atom stereocenters. The average Bonchev–Trinajstić information content (AvgIpc) is 2.97. The lowest BCUT2D eigenvalue weighted by molar-refractivity contribution is -0.385. The van der Waals surface area contributed by atoms with Crippen LogP contribution in [0.3, 0.4) is 0 Å². The Morgan fingerprint density at radius 2 is 2.10 bits per heavy atom. The number of carbonyl (C=O) groups excluding carboxylic acids is 1. The number of nitro benzene ring substituents is 1. The second-order valence-corrected chi connectivity index (χ2v) is 5.73. The molecule has 0 radical (unpaired) electrons. The van der Waals surface area contributed by atoms with Crippen LogP contribution in [0.15, 0.2) is 18.2 Å². The van der Waals surface area contributed by atoms with Crippen LogP contribution in [-0.2, 0) is 0 Å². The first kappa shape index (κ1) is 15.8. The molecule has 0 unspecified atom stereocenters. The molecule has 5 nitrogen and oxygen atoms in total. The van der Waals surface area contributed by atoms with E-state index in [1.54, 1.807) is 24.0 Å². The van der Waals surface area contributed by atoms with Crippen molar-refractivity contribution in [2.24, 2.45) is 0 Å². The maximum atomic E-state index is 12.8. The smallest absolute Gasteiger partial charge is 0.285 e. The van der Waals surface area contributed by atoms with E-state index in [9.17, 15) is 14.9 Å². The Bertz CT molecular complexity index is 542. The molecule has 0 aromatic heterocycles. The number of carbonyl (C=O) groups is 1. The molecule has 1 fully saturated rings. The largest absolute Gasteiger partial charge is 0.334 e. The van der Waals surface area contributed by atoms with E-state index in [-0.39, 0.29) is 23.2 Å². The number of nitrogens with zero attached hydrogens (tertiary/aromatic N) is 2. The third-order valence-electron chi connectivity index (χ3n) is 4.00. The summed E-state index contributed by atoms with van der Waals surface area (Å²) in [5, 5.41) is 11.3. The van der Waals surface area contributed by atoms with Gasteiger partial charge in [-0.2, -0.15) is 0 Å². The number of aryl methyl sites for hydroxylation is 1. The molecule has 0 bridgehead atoms. The van der Waals surface area contributed by atoms with E-state index in [1.165, 1.54) is 6.07 Å². The summed E-state index contributed by atoms with van der Waals surface area (Å²) in [7, 11) is 0. The Hall–Kier alpha value is -1.62. The van der Waals surface area contributed by atoms with Crippen LogP contribution >= 0.6 is 11.6 Å². The van der Waals surface area contributed by atoms with Crippen LogP contribution in [0.25, 0.3) is 0 Å². The van der Waals surface area contributed by atoms with E-state index in [0.717, 1.165) is 25.7 Å². The van der Waals surface area contributed by atoms with Gasteiger partial charge in [0.15, 0.2) is 0 Å². The van der Waals surface area contributed by atoms with Crippen molar-refractivity contribution >= 4 is 23.2 Å². The maximum absolute atomic E-state index is 12.8. The minimum Gasteiger partial charge on any atom is -0.334 e. The minimum atomic E-state index is -0.476. The second-order valence-electron chi connectivity index (χ2n) is 5.35. The zero-order valence-corrected chi connectivity index (χ0v) is 12.8. The van der Waals surface area contributed by atoms with Crippen molar-refractivity contribution in [1.82, 2.24) is 4.90 Å². The van der Waals surface area contributed by atoms with Crippen molar-refractivity contribution in [3.05, 3.63) is 39.4 Å². The van der Waals surface area contributed by atoms with Gasteiger partial charge in [-0.05, 0) is 25.8 Å². The number of alkyl halides is 1. The number of para-hydroxylation sites is 1. The van der Waals surface area contributed by atoms with Gasteiger partial charge < -0.3 is 4.90 Å². The molecule has 1 aliphatic rings. The van der Waals surface area contributed by atoms with Crippen LogP contribution in [0, 0.1) is 17.0 Å². The van der Waals surface area contributed by atoms with Crippen LogP contribution in [-0.4, -0.2) is 34.2 Å². The van der Waals surface area contributed by atoms with E-state index >= 15 is 0 Å². The second kappa shape index (κ2) is 6.89. The molecule has 1 saturated carbocycles. The van der Waals surface area contributed by atoms with Gasteiger partial charge in [0.2, 0.25) is 0 Å². The molecule has 6 heteroatoms. The summed E-state index contributed by atoms with van der Waals surface area (Å²) in [4.78, 5) is 25.3. The average molecular weight is 311 g/mol. The lowest BCUT2D eigenvalue weighted by Crippen LogP contribution is -2.40. The van der Waals surface area contributed by atoms with E-state index in [4.69, 9.17) is 11.6 Å². The van der Waals surface area contributed by atoms with Gasteiger partial charge >= 0.3 is 0 Å². The third-order valence-corrected chi connectivity index (χ3v) is 4.17. The summed E-state index contributed by atoms with van der Waals surface area (Å²) in [5.74, 6) is 0.0555. The van der Waals surface area contributed by atoms with Gasteiger partial charge in [-0.15, -0.1) is 11.6 Å². The van der Waals surface area contributed by atoms with Crippen LogP contribution in [0.1, 0.15) is 41.6 Å².